The van der Waals surface area contributed by atoms with E-state index >= 15 is 0 Å². The Morgan fingerprint density at radius 3 is 2.61 bits per heavy atom. The van der Waals surface area contributed by atoms with Crippen LogP contribution < -0.4 is 0 Å². The van der Waals surface area contributed by atoms with Crippen LogP contribution in [0.1, 0.15) is 50.5 Å². The molecule has 1 aliphatic rings. The van der Waals surface area contributed by atoms with Gasteiger partial charge in [-0.3, -0.25) is 9.59 Å². The summed E-state index contributed by atoms with van der Waals surface area (Å²) in [6.07, 6.45) is 2.20. The summed E-state index contributed by atoms with van der Waals surface area (Å²) in [5.74, 6) is 1.37. The SMILES string of the molecule is CC(C)c1ccc(-c2noc(CCC(=O)N3CCCC3C(=O)N(C)C)n2)cc1. The molecule has 1 fully saturated rings. The number of aromatic nitrogens is 2. The summed E-state index contributed by atoms with van der Waals surface area (Å²) in [6.45, 7) is 4.92. The Kier molecular flexibility index (Phi) is 6.11. The zero-order valence-electron chi connectivity index (χ0n) is 17.0. The van der Waals surface area contributed by atoms with Crippen LogP contribution in [0.25, 0.3) is 11.4 Å². The molecule has 28 heavy (non-hydrogen) atoms. The highest BCUT2D eigenvalue weighted by Gasteiger charge is 2.34. The van der Waals surface area contributed by atoms with Crippen molar-refractivity contribution in [1.29, 1.82) is 0 Å². The highest BCUT2D eigenvalue weighted by molar-refractivity contribution is 5.88. The molecule has 2 heterocycles. The first kappa shape index (κ1) is 20.0. The van der Waals surface area contributed by atoms with Crippen LogP contribution in [0.4, 0.5) is 0 Å². The van der Waals surface area contributed by atoms with E-state index in [0.717, 1.165) is 18.4 Å². The van der Waals surface area contributed by atoms with E-state index in [1.807, 2.05) is 12.1 Å². The van der Waals surface area contributed by atoms with Gasteiger partial charge >= 0.3 is 0 Å². The fourth-order valence-corrected chi connectivity index (χ4v) is 3.47. The second-order valence-electron chi connectivity index (χ2n) is 7.77. The molecule has 1 atom stereocenters. The Balaban J connectivity index is 1.59. The second-order valence-corrected chi connectivity index (χ2v) is 7.77. The fourth-order valence-electron chi connectivity index (χ4n) is 3.47. The summed E-state index contributed by atoms with van der Waals surface area (Å²) in [7, 11) is 3.44. The number of likely N-dealkylation sites (N-methyl/N-ethyl adjacent to an activating group) is 1. The number of carbonyl (C=O) groups is 2. The van der Waals surface area contributed by atoms with Crippen molar-refractivity contribution < 1.29 is 14.1 Å². The third kappa shape index (κ3) is 4.40. The number of benzene rings is 1. The van der Waals surface area contributed by atoms with Crippen LogP contribution in [0, 0.1) is 0 Å². The molecule has 0 aliphatic carbocycles. The summed E-state index contributed by atoms with van der Waals surface area (Å²) < 4.78 is 5.32. The van der Waals surface area contributed by atoms with E-state index in [9.17, 15) is 9.59 Å². The summed E-state index contributed by atoms with van der Waals surface area (Å²) in [4.78, 5) is 32.5. The van der Waals surface area contributed by atoms with Crippen molar-refractivity contribution in [3.05, 3.63) is 35.7 Å². The Bertz CT molecular complexity index is 826. The lowest BCUT2D eigenvalue weighted by molar-refractivity contribution is -0.142. The Morgan fingerprint density at radius 2 is 1.96 bits per heavy atom. The Labute approximate surface area is 165 Å². The van der Waals surface area contributed by atoms with Crippen molar-refractivity contribution in [3.63, 3.8) is 0 Å². The largest absolute Gasteiger partial charge is 0.347 e. The second kappa shape index (κ2) is 8.54. The number of amides is 2. The Hall–Kier alpha value is -2.70. The predicted octanol–water partition coefficient (Wildman–Crippen LogP) is 2.87. The van der Waals surface area contributed by atoms with Crippen molar-refractivity contribution in [3.8, 4) is 11.4 Å². The summed E-state index contributed by atoms with van der Waals surface area (Å²) in [5.41, 5.74) is 2.15. The van der Waals surface area contributed by atoms with Crippen molar-refractivity contribution in [1.82, 2.24) is 19.9 Å². The van der Waals surface area contributed by atoms with Crippen LogP contribution in [0.15, 0.2) is 28.8 Å². The third-order valence-corrected chi connectivity index (χ3v) is 5.16. The predicted molar refractivity (Wildman–Crippen MR) is 106 cm³/mol. The third-order valence-electron chi connectivity index (χ3n) is 5.16. The molecule has 2 amide bonds. The highest BCUT2D eigenvalue weighted by Crippen LogP contribution is 2.22. The molecule has 2 aromatic rings. The van der Waals surface area contributed by atoms with E-state index in [-0.39, 0.29) is 24.3 Å². The van der Waals surface area contributed by atoms with Crippen molar-refractivity contribution in [2.45, 2.75) is 51.5 Å². The van der Waals surface area contributed by atoms with Gasteiger partial charge in [-0.15, -0.1) is 0 Å². The molecule has 7 nitrogen and oxygen atoms in total. The maximum absolute atomic E-state index is 12.6. The molecule has 1 aromatic heterocycles. The summed E-state index contributed by atoms with van der Waals surface area (Å²) >= 11 is 0. The molecule has 0 bridgehead atoms. The molecule has 1 aromatic carbocycles. The molecule has 3 rings (SSSR count). The van der Waals surface area contributed by atoms with Crippen LogP contribution in [0.5, 0.6) is 0 Å². The first-order valence-electron chi connectivity index (χ1n) is 9.80. The lowest BCUT2D eigenvalue weighted by Crippen LogP contribution is -2.45. The average molecular weight is 384 g/mol. The van der Waals surface area contributed by atoms with E-state index in [1.165, 1.54) is 5.56 Å². The molecule has 1 unspecified atom stereocenters. The molecule has 1 saturated heterocycles. The van der Waals surface area contributed by atoms with Gasteiger partial charge in [-0.25, -0.2) is 0 Å². The molecule has 7 heteroatoms. The van der Waals surface area contributed by atoms with Gasteiger partial charge in [0.2, 0.25) is 23.5 Å². The van der Waals surface area contributed by atoms with Gasteiger partial charge in [0.1, 0.15) is 6.04 Å². The maximum atomic E-state index is 12.6. The number of rotatable bonds is 6. The molecular weight excluding hydrogens is 356 g/mol. The molecular formula is C21H28N4O3. The molecule has 0 saturated carbocycles. The minimum Gasteiger partial charge on any atom is -0.347 e. The van der Waals surface area contributed by atoms with Gasteiger partial charge in [0.05, 0.1) is 0 Å². The topological polar surface area (TPSA) is 79.5 Å². The number of nitrogens with zero attached hydrogens (tertiary/aromatic N) is 4. The highest BCUT2D eigenvalue weighted by atomic mass is 16.5. The monoisotopic (exact) mass is 384 g/mol. The lowest BCUT2D eigenvalue weighted by Gasteiger charge is -2.26. The van der Waals surface area contributed by atoms with E-state index < -0.39 is 0 Å². The summed E-state index contributed by atoms with van der Waals surface area (Å²) in [6, 6.07) is 7.75. The molecule has 0 radical (unpaired) electrons. The molecule has 1 aliphatic heterocycles. The van der Waals surface area contributed by atoms with E-state index in [2.05, 4.69) is 36.1 Å². The minimum absolute atomic E-state index is 0.0178. The lowest BCUT2D eigenvalue weighted by atomic mass is 10.0. The zero-order chi connectivity index (χ0) is 20.3. The van der Waals surface area contributed by atoms with Gasteiger partial charge in [0, 0.05) is 39.0 Å². The summed E-state index contributed by atoms with van der Waals surface area (Å²) in [5, 5.41) is 4.03. The van der Waals surface area contributed by atoms with Gasteiger partial charge in [-0.05, 0) is 24.3 Å². The van der Waals surface area contributed by atoms with Gasteiger partial charge < -0.3 is 14.3 Å². The average Bonchev–Trinajstić information content (AvgIpc) is 3.35. The number of carbonyl (C=O) groups excluding carboxylic acids is 2. The quantitative estimate of drug-likeness (QED) is 0.765. The van der Waals surface area contributed by atoms with Gasteiger partial charge in [-0.2, -0.15) is 4.98 Å². The van der Waals surface area contributed by atoms with Crippen LogP contribution in [-0.2, 0) is 16.0 Å². The fraction of sp³-hybridized carbons (Fsp3) is 0.524. The number of hydrogen-bond acceptors (Lipinski definition) is 5. The number of likely N-dealkylation sites (tertiary alicyclic amines) is 1. The molecule has 150 valence electrons. The molecule has 0 N–H and O–H groups in total. The van der Waals surface area contributed by atoms with Crippen molar-refractivity contribution in [2.24, 2.45) is 0 Å². The van der Waals surface area contributed by atoms with Crippen LogP contribution in [0.3, 0.4) is 0 Å². The van der Waals surface area contributed by atoms with Crippen molar-refractivity contribution >= 4 is 11.8 Å². The smallest absolute Gasteiger partial charge is 0.244 e. The van der Waals surface area contributed by atoms with Crippen LogP contribution in [-0.4, -0.2) is 58.4 Å². The van der Waals surface area contributed by atoms with Crippen molar-refractivity contribution in [2.75, 3.05) is 20.6 Å². The number of aryl methyl sites for hydroxylation is 1. The normalized spacial score (nSPS) is 16.6. The van der Waals surface area contributed by atoms with E-state index in [1.54, 1.807) is 23.9 Å². The first-order valence-corrected chi connectivity index (χ1v) is 9.80. The van der Waals surface area contributed by atoms with Crippen LogP contribution in [0.2, 0.25) is 0 Å². The number of hydrogen-bond donors (Lipinski definition) is 0. The zero-order valence-corrected chi connectivity index (χ0v) is 17.0. The van der Waals surface area contributed by atoms with Gasteiger partial charge in [-0.1, -0.05) is 43.3 Å². The van der Waals surface area contributed by atoms with Gasteiger partial charge in [0.15, 0.2) is 0 Å². The first-order chi connectivity index (χ1) is 13.4. The standard InChI is InChI=1S/C21H28N4O3/c1-14(2)15-7-9-16(10-8-15)20-22-18(28-23-20)11-12-19(26)25-13-5-6-17(25)21(27)24(3)4/h7-10,14,17H,5-6,11-13H2,1-4H3. The molecule has 0 spiro atoms. The van der Waals surface area contributed by atoms with E-state index in [0.29, 0.717) is 30.6 Å². The minimum atomic E-state index is -0.347. The Morgan fingerprint density at radius 1 is 1.25 bits per heavy atom. The van der Waals surface area contributed by atoms with Crippen LogP contribution >= 0.6 is 0 Å². The van der Waals surface area contributed by atoms with Gasteiger partial charge in [0.25, 0.3) is 0 Å². The maximum Gasteiger partial charge on any atom is 0.244 e. The van der Waals surface area contributed by atoms with E-state index in [4.69, 9.17) is 4.52 Å².